The Morgan fingerprint density at radius 2 is 1.78 bits per heavy atom. The topological polar surface area (TPSA) is 123 Å². The van der Waals surface area contributed by atoms with E-state index < -0.39 is 23.8 Å². The fraction of sp³-hybridized carbons (Fsp3) is 0.667. The van der Waals surface area contributed by atoms with Crippen LogP contribution in [0.15, 0.2) is 12.2 Å². The lowest BCUT2D eigenvalue weighted by Crippen LogP contribution is -2.58. The van der Waals surface area contributed by atoms with Gasteiger partial charge in [-0.15, -0.1) is 0 Å². The lowest BCUT2D eigenvalue weighted by atomic mass is 10.1. The van der Waals surface area contributed by atoms with Crippen LogP contribution in [-0.4, -0.2) is 110 Å². The van der Waals surface area contributed by atoms with Gasteiger partial charge < -0.3 is 19.1 Å². The molecule has 1 fully saturated rings. The number of hydrogen-bond acceptors (Lipinski definition) is 9. The molecule has 0 aromatic rings. The number of nitrogens with zero attached hydrogens (tertiary/aromatic N) is 3. The van der Waals surface area contributed by atoms with Crippen LogP contribution >= 0.6 is 0 Å². The fourth-order valence-electron chi connectivity index (χ4n) is 3.39. The van der Waals surface area contributed by atoms with E-state index >= 15 is 0 Å². The number of carbonyl (C=O) groups excluding carboxylic acids is 5. The van der Waals surface area contributed by atoms with Gasteiger partial charge >= 0.3 is 11.9 Å². The van der Waals surface area contributed by atoms with E-state index in [0.717, 1.165) is 17.7 Å². The van der Waals surface area contributed by atoms with Gasteiger partial charge in [0.05, 0.1) is 19.2 Å². The maximum Gasteiger partial charge on any atom is 0.332 e. The van der Waals surface area contributed by atoms with E-state index in [1.54, 1.807) is 4.90 Å². The van der Waals surface area contributed by atoms with Crippen LogP contribution in [0.4, 0.5) is 0 Å². The van der Waals surface area contributed by atoms with Gasteiger partial charge in [0.25, 0.3) is 11.8 Å². The van der Waals surface area contributed by atoms with Gasteiger partial charge in [0.2, 0.25) is 5.91 Å². The number of ether oxygens (including phenoxy) is 3. The van der Waals surface area contributed by atoms with Crippen LogP contribution in [-0.2, 0) is 38.2 Å². The second kappa shape index (κ2) is 12.9. The van der Waals surface area contributed by atoms with E-state index in [0.29, 0.717) is 19.7 Å². The van der Waals surface area contributed by atoms with Gasteiger partial charge in [-0.1, -0.05) is 13.3 Å². The first-order valence-corrected chi connectivity index (χ1v) is 10.7. The number of esters is 2. The molecule has 0 bridgehead atoms. The van der Waals surface area contributed by atoms with Crippen LogP contribution in [0.2, 0.25) is 0 Å². The number of amides is 3. The number of rotatable bonds is 12. The average molecular weight is 453 g/mol. The smallest absolute Gasteiger partial charge is 0.332 e. The van der Waals surface area contributed by atoms with Crippen LogP contribution in [0.1, 0.15) is 26.2 Å². The third-order valence-corrected chi connectivity index (χ3v) is 5.20. The number of unbranched alkanes of at least 4 members (excludes halogenated alkanes) is 1. The molecule has 2 aliphatic heterocycles. The first-order chi connectivity index (χ1) is 15.3. The summed E-state index contributed by atoms with van der Waals surface area (Å²) in [6.07, 6.45) is 4.04. The summed E-state index contributed by atoms with van der Waals surface area (Å²) in [6, 6.07) is -0.399. The van der Waals surface area contributed by atoms with Crippen molar-refractivity contribution < 1.29 is 38.2 Å². The molecule has 178 valence electrons. The van der Waals surface area contributed by atoms with E-state index in [-0.39, 0.29) is 51.1 Å². The van der Waals surface area contributed by atoms with Gasteiger partial charge in [-0.05, 0) is 6.42 Å². The lowest BCUT2D eigenvalue weighted by Gasteiger charge is -2.40. The Balaban J connectivity index is 1.92. The maximum absolute atomic E-state index is 12.7. The van der Waals surface area contributed by atoms with Crippen molar-refractivity contribution in [1.82, 2.24) is 14.7 Å². The fourth-order valence-corrected chi connectivity index (χ4v) is 3.39. The molecule has 0 aromatic carbocycles. The second-order valence-electron chi connectivity index (χ2n) is 7.57. The van der Waals surface area contributed by atoms with Gasteiger partial charge in [-0.25, -0.2) is 4.79 Å². The Hall–Kier alpha value is -2.79. The molecule has 0 aliphatic carbocycles. The van der Waals surface area contributed by atoms with Crippen LogP contribution in [0, 0.1) is 0 Å². The monoisotopic (exact) mass is 453 g/mol. The van der Waals surface area contributed by atoms with E-state index in [2.05, 4.69) is 0 Å². The van der Waals surface area contributed by atoms with E-state index in [4.69, 9.17) is 14.2 Å². The molecule has 3 amide bonds. The second-order valence-corrected chi connectivity index (χ2v) is 7.57. The standard InChI is InChI=1S/C21H31N3O8/c1-3-4-11-31-20(28)13-22-9-10-23(12-16(22)14-32-21(29)15-30-2)17(25)7-8-24-18(26)5-6-19(24)27/h5-6,16H,3-4,7-15H2,1-2H3. The first-order valence-electron chi connectivity index (χ1n) is 10.7. The van der Waals surface area contributed by atoms with Crippen LogP contribution in [0.25, 0.3) is 0 Å². The molecule has 0 saturated carbocycles. The zero-order valence-electron chi connectivity index (χ0n) is 18.6. The zero-order valence-corrected chi connectivity index (χ0v) is 18.6. The van der Waals surface area contributed by atoms with Gasteiger partial charge in [0.1, 0.15) is 13.2 Å². The Morgan fingerprint density at radius 3 is 2.44 bits per heavy atom. The van der Waals surface area contributed by atoms with Gasteiger partial charge in [0.15, 0.2) is 0 Å². The van der Waals surface area contributed by atoms with Crippen molar-refractivity contribution in [3.8, 4) is 0 Å². The van der Waals surface area contributed by atoms with E-state index in [1.165, 1.54) is 19.3 Å². The van der Waals surface area contributed by atoms with Gasteiger partial charge in [-0.2, -0.15) is 0 Å². The Labute approximate surface area is 187 Å². The minimum Gasteiger partial charge on any atom is -0.465 e. The molecule has 11 heteroatoms. The van der Waals surface area contributed by atoms with Crippen LogP contribution in [0.3, 0.4) is 0 Å². The summed E-state index contributed by atoms with van der Waals surface area (Å²) < 4.78 is 15.2. The maximum atomic E-state index is 12.7. The molecule has 1 unspecified atom stereocenters. The molecule has 1 saturated heterocycles. The molecule has 32 heavy (non-hydrogen) atoms. The summed E-state index contributed by atoms with van der Waals surface area (Å²) in [5.74, 6) is -2.00. The summed E-state index contributed by atoms with van der Waals surface area (Å²) in [5, 5.41) is 0. The Bertz CT molecular complexity index is 721. The highest BCUT2D eigenvalue weighted by molar-refractivity contribution is 6.13. The zero-order chi connectivity index (χ0) is 23.5. The molecule has 0 N–H and O–H groups in total. The molecule has 2 heterocycles. The van der Waals surface area contributed by atoms with Crippen molar-refractivity contribution in [2.75, 3.05) is 59.7 Å². The molecule has 11 nitrogen and oxygen atoms in total. The largest absolute Gasteiger partial charge is 0.465 e. The number of imide groups is 1. The quantitative estimate of drug-likeness (QED) is 0.215. The van der Waals surface area contributed by atoms with Crippen molar-refractivity contribution in [2.24, 2.45) is 0 Å². The molecular formula is C21H31N3O8. The average Bonchev–Trinajstić information content (AvgIpc) is 3.09. The number of piperazine rings is 1. The molecule has 0 radical (unpaired) electrons. The van der Waals surface area contributed by atoms with Gasteiger partial charge in [0, 0.05) is 51.9 Å². The van der Waals surface area contributed by atoms with Crippen LogP contribution in [0.5, 0.6) is 0 Å². The predicted octanol–water partition coefficient (Wildman–Crippen LogP) is -0.653. The molecular weight excluding hydrogens is 422 g/mol. The first kappa shape index (κ1) is 25.5. The Morgan fingerprint density at radius 1 is 1.06 bits per heavy atom. The number of hydrogen-bond donors (Lipinski definition) is 0. The van der Waals surface area contributed by atoms with E-state index in [1.807, 2.05) is 11.8 Å². The SMILES string of the molecule is CCCCOC(=O)CN1CCN(C(=O)CCN2C(=O)C=CC2=O)CC1COC(=O)COC. The third kappa shape index (κ3) is 7.72. The predicted molar refractivity (Wildman–Crippen MR) is 111 cm³/mol. The van der Waals surface area contributed by atoms with Crippen molar-refractivity contribution in [2.45, 2.75) is 32.2 Å². The highest BCUT2D eigenvalue weighted by Gasteiger charge is 2.32. The third-order valence-electron chi connectivity index (χ3n) is 5.20. The summed E-state index contributed by atoms with van der Waals surface area (Å²) in [7, 11) is 1.38. The normalized spacial score (nSPS) is 18.9. The summed E-state index contributed by atoms with van der Waals surface area (Å²) >= 11 is 0. The number of methoxy groups -OCH3 is 1. The Kier molecular flexibility index (Phi) is 10.3. The van der Waals surface area contributed by atoms with Crippen molar-refractivity contribution in [3.05, 3.63) is 12.2 Å². The summed E-state index contributed by atoms with van der Waals surface area (Å²) in [4.78, 5) is 64.3. The van der Waals surface area contributed by atoms with Crippen molar-refractivity contribution in [1.29, 1.82) is 0 Å². The highest BCUT2D eigenvalue weighted by Crippen LogP contribution is 2.13. The van der Waals surface area contributed by atoms with Crippen molar-refractivity contribution in [3.63, 3.8) is 0 Å². The van der Waals surface area contributed by atoms with Crippen LogP contribution < -0.4 is 0 Å². The minimum atomic E-state index is -0.542. The number of carbonyl (C=O) groups is 5. The summed E-state index contributed by atoms with van der Waals surface area (Å²) in [6.45, 7) is 3.17. The molecule has 1 atom stereocenters. The summed E-state index contributed by atoms with van der Waals surface area (Å²) in [5.41, 5.74) is 0. The molecule has 2 aliphatic rings. The minimum absolute atomic E-state index is 0.000953. The highest BCUT2D eigenvalue weighted by atomic mass is 16.6. The van der Waals surface area contributed by atoms with E-state index in [9.17, 15) is 24.0 Å². The molecule has 0 spiro atoms. The molecule has 0 aromatic heterocycles. The molecule has 2 rings (SSSR count). The lowest BCUT2D eigenvalue weighted by molar-refractivity contribution is -0.153. The van der Waals surface area contributed by atoms with Gasteiger partial charge in [-0.3, -0.25) is 29.0 Å². The van der Waals surface area contributed by atoms with Crippen molar-refractivity contribution >= 4 is 29.7 Å².